The summed E-state index contributed by atoms with van der Waals surface area (Å²) in [6, 6.07) is 12.7. The Morgan fingerprint density at radius 3 is 2.66 bits per heavy atom. The van der Waals surface area contributed by atoms with Crippen LogP contribution in [-0.4, -0.2) is 46.7 Å². The highest BCUT2D eigenvalue weighted by atomic mass is 19.4. The molecule has 3 heterocycles. The molecule has 0 bridgehead atoms. The topological polar surface area (TPSA) is 107 Å². The highest BCUT2D eigenvalue weighted by molar-refractivity contribution is 6.11. The molecule has 0 aliphatic heterocycles. The molecule has 11 heteroatoms. The van der Waals surface area contributed by atoms with Crippen molar-refractivity contribution in [1.29, 1.82) is 0 Å². The number of fused-ring (bicyclic) bond motifs is 4. The first-order valence-corrected chi connectivity index (χ1v) is 13.4. The van der Waals surface area contributed by atoms with Gasteiger partial charge in [-0.1, -0.05) is 6.07 Å². The second-order valence-corrected chi connectivity index (χ2v) is 9.87. The van der Waals surface area contributed by atoms with Gasteiger partial charge in [0.1, 0.15) is 5.82 Å². The number of nitrogens with two attached hydrogens (primary N) is 1. The zero-order chi connectivity index (χ0) is 29.0. The normalized spacial score (nSPS) is 12.0. The van der Waals surface area contributed by atoms with Crippen molar-refractivity contribution in [3.63, 3.8) is 0 Å². The molecule has 0 aliphatic rings. The van der Waals surface area contributed by atoms with Crippen LogP contribution in [0.2, 0.25) is 0 Å². The van der Waals surface area contributed by atoms with Crippen LogP contribution >= 0.6 is 0 Å². The number of pyridine rings is 2. The van der Waals surface area contributed by atoms with Gasteiger partial charge in [0, 0.05) is 77.5 Å². The summed E-state index contributed by atoms with van der Waals surface area (Å²) in [5.41, 5.74) is 7.56. The Labute approximate surface area is 234 Å². The van der Waals surface area contributed by atoms with Gasteiger partial charge in [-0.3, -0.25) is 9.78 Å². The minimum atomic E-state index is -4.35. The number of unbranched alkanes of at least 4 members (excludes halogenated alkanes) is 1. The number of benzene rings is 2. The lowest BCUT2D eigenvalue weighted by Crippen LogP contribution is -2.17. The fourth-order valence-corrected chi connectivity index (χ4v) is 4.90. The van der Waals surface area contributed by atoms with Gasteiger partial charge in [0.05, 0.1) is 17.7 Å². The zero-order valence-electron chi connectivity index (χ0n) is 22.6. The number of ether oxygens (including phenoxy) is 1. The number of primary amides is 1. The molecule has 8 nitrogen and oxygen atoms in total. The number of aryl methyl sites for hydroxylation is 1. The van der Waals surface area contributed by atoms with Gasteiger partial charge in [-0.05, 0) is 61.9 Å². The Kier molecular flexibility index (Phi) is 8.36. The van der Waals surface area contributed by atoms with Gasteiger partial charge in [-0.25, -0.2) is 4.98 Å². The second-order valence-electron chi connectivity index (χ2n) is 9.87. The van der Waals surface area contributed by atoms with Crippen molar-refractivity contribution in [2.75, 3.05) is 31.6 Å². The predicted molar refractivity (Wildman–Crippen MR) is 154 cm³/mol. The molecular weight excluding hydrogens is 533 g/mol. The highest BCUT2D eigenvalue weighted by Crippen LogP contribution is 2.32. The van der Waals surface area contributed by atoms with E-state index in [1.165, 1.54) is 12.1 Å². The number of nitrogens with zero attached hydrogens (tertiary/aromatic N) is 3. The van der Waals surface area contributed by atoms with Gasteiger partial charge < -0.3 is 25.7 Å². The maximum absolute atomic E-state index is 13.0. The van der Waals surface area contributed by atoms with Crippen LogP contribution in [0.5, 0.6) is 0 Å². The van der Waals surface area contributed by atoms with Crippen molar-refractivity contribution in [3.05, 3.63) is 77.7 Å². The largest absolute Gasteiger partial charge is 0.416 e. The zero-order valence-corrected chi connectivity index (χ0v) is 22.6. The summed E-state index contributed by atoms with van der Waals surface area (Å²) >= 11 is 0. The number of hydrogen-bond donors (Lipinski definition) is 3. The molecule has 0 aliphatic carbocycles. The Balaban J connectivity index is 1.05. The lowest BCUT2D eigenvalue weighted by molar-refractivity contribution is -0.137. The molecule has 41 heavy (non-hydrogen) atoms. The Morgan fingerprint density at radius 1 is 1.00 bits per heavy atom. The van der Waals surface area contributed by atoms with Crippen LogP contribution < -0.4 is 16.4 Å². The number of amides is 1. The van der Waals surface area contributed by atoms with Crippen LogP contribution in [0.1, 0.15) is 34.5 Å². The van der Waals surface area contributed by atoms with E-state index in [0.29, 0.717) is 48.6 Å². The summed E-state index contributed by atoms with van der Waals surface area (Å²) in [4.78, 5) is 20.6. The van der Waals surface area contributed by atoms with E-state index in [2.05, 4.69) is 15.6 Å². The molecule has 0 saturated carbocycles. The fraction of sp³-hybridized carbons (Fsp3) is 0.300. The van der Waals surface area contributed by atoms with Crippen molar-refractivity contribution in [2.45, 2.75) is 25.6 Å². The molecule has 0 atom stereocenters. The summed E-state index contributed by atoms with van der Waals surface area (Å²) in [6.45, 7) is 3.00. The molecular formula is C30H31F3N6O2. The van der Waals surface area contributed by atoms with Crippen LogP contribution in [0.3, 0.4) is 0 Å². The monoisotopic (exact) mass is 564 g/mol. The third-order valence-corrected chi connectivity index (χ3v) is 7.09. The number of nitrogens with one attached hydrogen (secondary N) is 2. The molecule has 0 unspecified atom stereocenters. The molecule has 214 valence electrons. The lowest BCUT2D eigenvalue weighted by Gasteiger charge is -2.12. The Bertz CT molecular complexity index is 1700. The van der Waals surface area contributed by atoms with Crippen LogP contribution in [-0.2, 0) is 24.5 Å². The van der Waals surface area contributed by atoms with E-state index in [-0.39, 0.29) is 0 Å². The molecule has 0 saturated heterocycles. The van der Waals surface area contributed by atoms with E-state index < -0.39 is 17.6 Å². The van der Waals surface area contributed by atoms with E-state index in [1.807, 2.05) is 23.7 Å². The van der Waals surface area contributed by atoms with Crippen molar-refractivity contribution in [3.8, 4) is 0 Å². The van der Waals surface area contributed by atoms with Gasteiger partial charge >= 0.3 is 6.18 Å². The quantitative estimate of drug-likeness (QED) is 0.139. The molecule has 4 N–H and O–H groups in total. The molecule has 2 aromatic carbocycles. The first-order valence-electron chi connectivity index (χ1n) is 13.4. The van der Waals surface area contributed by atoms with Crippen molar-refractivity contribution >= 4 is 44.3 Å². The lowest BCUT2D eigenvalue weighted by atomic mass is 10.1. The van der Waals surface area contributed by atoms with E-state index in [1.54, 1.807) is 30.6 Å². The third-order valence-electron chi connectivity index (χ3n) is 7.09. The number of aromatic nitrogens is 3. The van der Waals surface area contributed by atoms with E-state index >= 15 is 0 Å². The van der Waals surface area contributed by atoms with Crippen LogP contribution in [0.15, 0.2) is 60.9 Å². The van der Waals surface area contributed by atoms with Gasteiger partial charge in [0.2, 0.25) is 5.91 Å². The standard InChI is InChI=1S/C30H31F3N6O2/c1-39-22(15-20-14-21(30(31,32)33)5-7-27(20)39)17-35-9-2-3-12-41-13-11-37-29-24-8-10-36-18-25(24)23-6-4-19(28(34)40)16-26(23)38-29/h4-8,10,14-16,18,35H,2-3,9,11-13,17H2,1H3,(H2,34,40)(H,37,38). The minimum Gasteiger partial charge on any atom is -0.380 e. The average Bonchev–Trinajstić information content (AvgIpc) is 3.27. The maximum atomic E-state index is 13.0. The number of anilines is 1. The second kappa shape index (κ2) is 12.1. The summed E-state index contributed by atoms with van der Waals surface area (Å²) in [7, 11) is 1.86. The van der Waals surface area contributed by atoms with Crippen LogP contribution in [0.4, 0.5) is 19.0 Å². The van der Waals surface area contributed by atoms with Crippen molar-refractivity contribution < 1.29 is 22.7 Å². The Hall–Kier alpha value is -4.22. The maximum Gasteiger partial charge on any atom is 0.416 e. The summed E-state index contributed by atoms with van der Waals surface area (Å²) in [5.74, 6) is 0.182. The van der Waals surface area contributed by atoms with Gasteiger partial charge in [0.15, 0.2) is 0 Å². The average molecular weight is 565 g/mol. The molecule has 3 aromatic heterocycles. The van der Waals surface area contributed by atoms with E-state index in [9.17, 15) is 18.0 Å². The third kappa shape index (κ3) is 6.41. The van der Waals surface area contributed by atoms with Gasteiger partial charge in [-0.15, -0.1) is 0 Å². The number of alkyl halides is 3. The van der Waals surface area contributed by atoms with Gasteiger partial charge in [0.25, 0.3) is 0 Å². The van der Waals surface area contributed by atoms with E-state index in [0.717, 1.165) is 52.8 Å². The molecule has 0 spiro atoms. The molecule has 0 fully saturated rings. The minimum absolute atomic E-state index is 0.397. The Morgan fingerprint density at radius 2 is 1.85 bits per heavy atom. The number of carbonyl (C=O) groups excluding carboxylic acids is 1. The summed E-state index contributed by atoms with van der Waals surface area (Å²) < 4.78 is 46.7. The molecule has 5 aromatic rings. The van der Waals surface area contributed by atoms with Crippen molar-refractivity contribution in [2.24, 2.45) is 12.8 Å². The van der Waals surface area contributed by atoms with Crippen LogP contribution in [0.25, 0.3) is 32.6 Å². The first-order chi connectivity index (χ1) is 19.7. The SMILES string of the molecule is Cn1c(CNCCCCOCCNc2nc3cc(C(N)=O)ccc3c3cnccc23)cc2cc(C(F)(F)F)ccc21. The number of rotatable bonds is 12. The summed E-state index contributed by atoms with van der Waals surface area (Å²) in [6.07, 6.45) is 0.922. The summed E-state index contributed by atoms with van der Waals surface area (Å²) in [5, 5.41) is 10.0. The molecule has 1 amide bonds. The fourth-order valence-electron chi connectivity index (χ4n) is 4.90. The van der Waals surface area contributed by atoms with Crippen LogP contribution in [0, 0.1) is 0 Å². The smallest absolute Gasteiger partial charge is 0.380 e. The van der Waals surface area contributed by atoms with Crippen molar-refractivity contribution in [1.82, 2.24) is 19.9 Å². The highest BCUT2D eigenvalue weighted by Gasteiger charge is 2.30. The molecule has 0 radical (unpaired) electrons. The van der Waals surface area contributed by atoms with Gasteiger partial charge in [-0.2, -0.15) is 13.2 Å². The number of hydrogen-bond acceptors (Lipinski definition) is 6. The number of halogens is 3. The number of carbonyl (C=O) groups is 1. The predicted octanol–water partition coefficient (Wildman–Crippen LogP) is 5.39. The molecule has 5 rings (SSSR count). The first kappa shape index (κ1) is 28.3. The van der Waals surface area contributed by atoms with E-state index in [4.69, 9.17) is 15.5 Å².